The third kappa shape index (κ3) is 5.81. The Balaban J connectivity index is 2.04. The maximum absolute atomic E-state index is 12.3. The predicted octanol–water partition coefficient (Wildman–Crippen LogP) is 3.04. The molecule has 0 saturated carbocycles. The summed E-state index contributed by atoms with van der Waals surface area (Å²) in [6.07, 6.45) is -0.353. The van der Waals surface area contributed by atoms with Crippen molar-refractivity contribution in [1.82, 2.24) is 10.6 Å². The number of ether oxygens (including phenoxy) is 2. The molecule has 2 amide bonds. The van der Waals surface area contributed by atoms with Crippen molar-refractivity contribution in [3.63, 3.8) is 0 Å². The fraction of sp³-hybridized carbons (Fsp3) is 0.300. The summed E-state index contributed by atoms with van der Waals surface area (Å²) in [6.45, 7) is 2.24. The molecule has 6 nitrogen and oxygen atoms in total. The molecule has 138 valence electrons. The molecule has 0 saturated heterocycles. The second-order valence-corrected chi connectivity index (χ2v) is 5.58. The van der Waals surface area contributed by atoms with Crippen molar-refractivity contribution in [3.05, 3.63) is 65.7 Å². The van der Waals surface area contributed by atoms with Crippen molar-refractivity contribution in [2.75, 3.05) is 20.3 Å². The molecule has 0 radical (unpaired) electrons. The molecular formula is C20H24N2O4. The first-order chi connectivity index (χ1) is 12.6. The highest BCUT2D eigenvalue weighted by Crippen LogP contribution is 2.24. The van der Waals surface area contributed by atoms with Gasteiger partial charge in [-0.3, -0.25) is 4.79 Å². The molecule has 0 spiro atoms. The van der Waals surface area contributed by atoms with Gasteiger partial charge < -0.3 is 20.1 Å². The number of amides is 2. The lowest BCUT2D eigenvalue weighted by Crippen LogP contribution is -2.33. The van der Waals surface area contributed by atoms with Gasteiger partial charge >= 0.3 is 6.09 Å². The van der Waals surface area contributed by atoms with Crippen molar-refractivity contribution in [2.45, 2.75) is 19.4 Å². The van der Waals surface area contributed by atoms with Crippen LogP contribution in [0.3, 0.4) is 0 Å². The summed E-state index contributed by atoms with van der Waals surface area (Å²) >= 11 is 0. The summed E-state index contributed by atoms with van der Waals surface area (Å²) in [5, 5.41) is 5.56. The molecule has 2 rings (SSSR count). The van der Waals surface area contributed by atoms with Crippen LogP contribution in [0.15, 0.2) is 54.6 Å². The third-order valence-electron chi connectivity index (χ3n) is 3.78. The smallest absolute Gasteiger partial charge is 0.407 e. The van der Waals surface area contributed by atoms with E-state index in [-0.39, 0.29) is 24.9 Å². The molecule has 0 heterocycles. The number of nitrogens with one attached hydrogen (secondary N) is 2. The molecule has 2 aromatic carbocycles. The van der Waals surface area contributed by atoms with E-state index in [1.807, 2.05) is 54.6 Å². The van der Waals surface area contributed by atoms with Gasteiger partial charge in [-0.2, -0.15) is 0 Å². The lowest BCUT2D eigenvalue weighted by molar-refractivity contribution is -0.121. The Hall–Kier alpha value is -3.02. The molecule has 0 fully saturated rings. The minimum absolute atomic E-state index is 0.161. The van der Waals surface area contributed by atoms with Crippen LogP contribution in [-0.2, 0) is 9.53 Å². The van der Waals surface area contributed by atoms with E-state index < -0.39 is 6.09 Å². The fourth-order valence-corrected chi connectivity index (χ4v) is 2.49. The van der Waals surface area contributed by atoms with Crippen LogP contribution in [0.4, 0.5) is 4.79 Å². The van der Waals surface area contributed by atoms with E-state index in [1.165, 1.54) is 0 Å². The Kier molecular flexibility index (Phi) is 7.49. The van der Waals surface area contributed by atoms with Gasteiger partial charge in [0.15, 0.2) is 0 Å². The summed E-state index contributed by atoms with van der Waals surface area (Å²) in [7, 11) is 1.61. The van der Waals surface area contributed by atoms with Crippen LogP contribution in [-0.4, -0.2) is 32.3 Å². The van der Waals surface area contributed by atoms with Gasteiger partial charge in [-0.25, -0.2) is 4.79 Å². The molecule has 0 aliphatic carbocycles. The summed E-state index contributed by atoms with van der Waals surface area (Å²) in [4.78, 5) is 23.6. The van der Waals surface area contributed by atoms with Gasteiger partial charge in [0.25, 0.3) is 0 Å². The van der Waals surface area contributed by atoms with E-state index in [0.717, 1.165) is 16.9 Å². The number of rotatable bonds is 8. The lowest BCUT2D eigenvalue weighted by atomic mass is 9.98. The van der Waals surface area contributed by atoms with E-state index in [2.05, 4.69) is 10.6 Å². The van der Waals surface area contributed by atoms with Gasteiger partial charge in [0.1, 0.15) is 5.75 Å². The first kappa shape index (κ1) is 19.3. The average molecular weight is 356 g/mol. The number of methoxy groups -OCH3 is 1. The van der Waals surface area contributed by atoms with E-state index in [1.54, 1.807) is 14.0 Å². The highest BCUT2D eigenvalue weighted by Gasteiger charge is 2.17. The fourth-order valence-electron chi connectivity index (χ4n) is 2.49. The number of carbonyl (C=O) groups is 2. The van der Waals surface area contributed by atoms with Gasteiger partial charge in [-0.05, 0) is 30.2 Å². The molecule has 0 aliphatic rings. The van der Waals surface area contributed by atoms with E-state index in [4.69, 9.17) is 9.47 Å². The van der Waals surface area contributed by atoms with Crippen LogP contribution in [0.5, 0.6) is 5.75 Å². The van der Waals surface area contributed by atoms with Crippen molar-refractivity contribution < 1.29 is 19.1 Å². The van der Waals surface area contributed by atoms with Crippen LogP contribution >= 0.6 is 0 Å². The van der Waals surface area contributed by atoms with Gasteiger partial charge in [0, 0.05) is 13.0 Å². The summed E-state index contributed by atoms with van der Waals surface area (Å²) in [5.74, 6) is 0.594. The van der Waals surface area contributed by atoms with Crippen LogP contribution in [0.2, 0.25) is 0 Å². The molecule has 6 heteroatoms. The average Bonchev–Trinajstić information content (AvgIpc) is 2.67. The largest absolute Gasteiger partial charge is 0.497 e. The van der Waals surface area contributed by atoms with Crippen LogP contribution in [0, 0.1) is 0 Å². The quantitative estimate of drug-likeness (QED) is 0.762. The van der Waals surface area contributed by atoms with Gasteiger partial charge in [0.05, 0.1) is 19.8 Å². The Morgan fingerprint density at radius 1 is 1.00 bits per heavy atom. The first-order valence-electron chi connectivity index (χ1n) is 8.53. The maximum atomic E-state index is 12.3. The Morgan fingerprint density at radius 3 is 2.27 bits per heavy atom. The molecule has 0 bridgehead atoms. The zero-order valence-corrected chi connectivity index (χ0v) is 15.0. The Morgan fingerprint density at radius 2 is 1.65 bits per heavy atom. The second kappa shape index (κ2) is 10.1. The number of alkyl carbamates (subject to hydrolysis) is 1. The van der Waals surface area contributed by atoms with E-state index in [9.17, 15) is 9.59 Å². The van der Waals surface area contributed by atoms with E-state index in [0.29, 0.717) is 6.61 Å². The van der Waals surface area contributed by atoms with Crippen molar-refractivity contribution >= 4 is 12.0 Å². The maximum Gasteiger partial charge on any atom is 0.407 e. The summed E-state index contributed by atoms with van der Waals surface area (Å²) in [6, 6.07) is 17.0. The molecule has 0 aromatic heterocycles. The first-order valence-corrected chi connectivity index (χ1v) is 8.53. The van der Waals surface area contributed by atoms with Crippen LogP contribution in [0.25, 0.3) is 0 Å². The third-order valence-corrected chi connectivity index (χ3v) is 3.78. The summed E-state index contributed by atoms with van der Waals surface area (Å²) in [5.41, 5.74) is 1.92. The van der Waals surface area contributed by atoms with E-state index >= 15 is 0 Å². The van der Waals surface area contributed by atoms with Gasteiger partial charge in [0.2, 0.25) is 5.91 Å². The van der Waals surface area contributed by atoms with Gasteiger partial charge in [-0.15, -0.1) is 0 Å². The molecule has 1 atom stereocenters. The van der Waals surface area contributed by atoms with Crippen molar-refractivity contribution in [1.29, 1.82) is 0 Å². The predicted molar refractivity (Wildman–Crippen MR) is 99.1 cm³/mol. The minimum Gasteiger partial charge on any atom is -0.497 e. The lowest BCUT2D eigenvalue weighted by Gasteiger charge is -2.20. The Labute approximate surface area is 153 Å². The number of hydrogen-bond acceptors (Lipinski definition) is 4. The molecule has 26 heavy (non-hydrogen) atoms. The minimum atomic E-state index is -0.518. The van der Waals surface area contributed by atoms with Crippen molar-refractivity contribution in [2.24, 2.45) is 0 Å². The van der Waals surface area contributed by atoms with Crippen LogP contribution < -0.4 is 15.4 Å². The molecule has 2 aromatic rings. The molecule has 2 N–H and O–H groups in total. The topological polar surface area (TPSA) is 76.7 Å². The van der Waals surface area contributed by atoms with Crippen LogP contribution in [0.1, 0.15) is 30.5 Å². The standard InChI is InChI=1S/C20H24N2O4/c1-3-26-20(24)21-14-13-18(23)22-19(15-7-5-4-6-8-15)16-9-11-17(25-2)12-10-16/h4-12,19H,3,13-14H2,1-2H3,(H,21,24)(H,22,23). The molecule has 1 unspecified atom stereocenters. The SMILES string of the molecule is CCOC(=O)NCCC(=O)NC(c1ccccc1)c1ccc(OC)cc1. The van der Waals surface area contributed by atoms with Crippen molar-refractivity contribution in [3.8, 4) is 5.75 Å². The monoisotopic (exact) mass is 356 g/mol. The number of hydrogen-bond donors (Lipinski definition) is 2. The Bertz CT molecular complexity index is 702. The zero-order valence-electron chi connectivity index (χ0n) is 15.0. The number of carbonyl (C=O) groups excluding carboxylic acids is 2. The molecule has 0 aliphatic heterocycles. The molecular weight excluding hydrogens is 332 g/mol. The number of benzene rings is 2. The second-order valence-electron chi connectivity index (χ2n) is 5.58. The zero-order chi connectivity index (χ0) is 18.8. The highest BCUT2D eigenvalue weighted by molar-refractivity contribution is 5.78. The highest BCUT2D eigenvalue weighted by atomic mass is 16.5. The summed E-state index contributed by atoms with van der Waals surface area (Å²) < 4.78 is 9.96. The normalized spacial score (nSPS) is 11.3. The van der Waals surface area contributed by atoms with Gasteiger partial charge in [-0.1, -0.05) is 42.5 Å².